The number of hydrogen-bond donors (Lipinski definition) is 1. The van der Waals surface area contributed by atoms with Gasteiger partial charge in [0.1, 0.15) is 5.54 Å². The lowest BCUT2D eigenvalue weighted by Gasteiger charge is -2.41. The molecular formula is C17H18F6N2O2. The molecule has 27 heavy (non-hydrogen) atoms. The van der Waals surface area contributed by atoms with Gasteiger partial charge in [0.05, 0.1) is 11.1 Å². The highest BCUT2D eigenvalue weighted by atomic mass is 19.4. The summed E-state index contributed by atoms with van der Waals surface area (Å²) in [5, 5.41) is 2.60. The van der Waals surface area contributed by atoms with Crippen LogP contribution >= 0.6 is 0 Å². The van der Waals surface area contributed by atoms with Crippen LogP contribution in [0.25, 0.3) is 0 Å². The number of rotatable bonds is 3. The Hall–Kier alpha value is -2.26. The number of carbonyl (C=O) groups is 2. The van der Waals surface area contributed by atoms with E-state index in [1.165, 1.54) is 18.7 Å². The summed E-state index contributed by atoms with van der Waals surface area (Å²) < 4.78 is 77.3. The van der Waals surface area contributed by atoms with E-state index in [2.05, 4.69) is 5.32 Å². The second-order valence-electron chi connectivity index (χ2n) is 6.77. The van der Waals surface area contributed by atoms with Crippen LogP contribution in [-0.4, -0.2) is 35.3 Å². The van der Waals surface area contributed by atoms with E-state index in [9.17, 15) is 35.9 Å². The number of amides is 2. The van der Waals surface area contributed by atoms with Gasteiger partial charge in [0.2, 0.25) is 11.8 Å². The average Bonchev–Trinajstić information content (AvgIpc) is 2.53. The van der Waals surface area contributed by atoms with Crippen LogP contribution in [0.3, 0.4) is 0 Å². The summed E-state index contributed by atoms with van der Waals surface area (Å²) in [7, 11) is 0. The predicted octanol–water partition coefficient (Wildman–Crippen LogP) is 3.39. The zero-order chi connectivity index (χ0) is 20.6. The fourth-order valence-electron chi connectivity index (χ4n) is 2.89. The van der Waals surface area contributed by atoms with Crippen LogP contribution in [0.15, 0.2) is 18.2 Å². The van der Waals surface area contributed by atoms with Crippen molar-refractivity contribution in [3.05, 3.63) is 34.9 Å². The number of halogens is 6. The average molecular weight is 396 g/mol. The third kappa shape index (κ3) is 4.72. The lowest BCUT2D eigenvalue weighted by Crippen LogP contribution is -2.63. The van der Waals surface area contributed by atoms with E-state index in [1.54, 1.807) is 0 Å². The highest BCUT2D eigenvalue weighted by molar-refractivity contribution is 5.91. The van der Waals surface area contributed by atoms with Gasteiger partial charge in [-0.05, 0) is 44.0 Å². The van der Waals surface area contributed by atoms with E-state index in [1.807, 2.05) is 0 Å². The van der Waals surface area contributed by atoms with Gasteiger partial charge in [0, 0.05) is 19.5 Å². The van der Waals surface area contributed by atoms with Gasteiger partial charge in [0.25, 0.3) is 0 Å². The molecule has 2 rings (SSSR count). The largest absolute Gasteiger partial charge is 0.416 e. The Morgan fingerprint density at radius 1 is 1.07 bits per heavy atom. The molecule has 1 heterocycles. The summed E-state index contributed by atoms with van der Waals surface area (Å²) in [6.45, 7) is 3.49. The highest BCUT2D eigenvalue weighted by Gasteiger charge is 2.40. The number of nitrogens with zero attached hydrogens (tertiary/aromatic N) is 1. The second-order valence-corrected chi connectivity index (χ2v) is 6.77. The summed E-state index contributed by atoms with van der Waals surface area (Å²) in [5.41, 5.74) is -4.22. The predicted molar refractivity (Wildman–Crippen MR) is 83.6 cm³/mol. The molecule has 0 radical (unpaired) electrons. The molecule has 150 valence electrons. The molecule has 1 fully saturated rings. The molecule has 1 N–H and O–H groups in total. The second kappa shape index (κ2) is 7.05. The van der Waals surface area contributed by atoms with Crippen molar-refractivity contribution in [3.8, 4) is 0 Å². The van der Waals surface area contributed by atoms with Gasteiger partial charge in [-0.1, -0.05) is 0 Å². The zero-order valence-electron chi connectivity index (χ0n) is 14.6. The maximum absolute atomic E-state index is 12.9. The minimum atomic E-state index is -4.94. The number of nitrogens with one attached hydrogen (secondary N) is 1. The molecule has 0 aromatic heterocycles. The fraction of sp³-hybridized carbons (Fsp3) is 0.529. The Kier molecular flexibility index (Phi) is 5.49. The van der Waals surface area contributed by atoms with E-state index in [4.69, 9.17) is 0 Å². The van der Waals surface area contributed by atoms with E-state index in [-0.39, 0.29) is 43.5 Å². The lowest BCUT2D eigenvalue weighted by molar-refractivity contribution is -0.149. The standard InChI is InChI=1S/C17H18F6N2O2/c1-15(2)14(27)24-5-6-25(15)13(26)4-3-10-7-11(16(18,19)20)9-12(8-10)17(21,22)23/h7-9H,3-6H2,1-2H3,(H,24,27). The summed E-state index contributed by atoms with van der Waals surface area (Å²) in [5.74, 6) is -0.888. The van der Waals surface area contributed by atoms with E-state index >= 15 is 0 Å². The molecule has 1 aromatic carbocycles. The molecule has 1 aromatic rings. The molecule has 0 atom stereocenters. The molecule has 0 bridgehead atoms. The minimum Gasteiger partial charge on any atom is -0.352 e. The fourth-order valence-corrected chi connectivity index (χ4v) is 2.89. The SMILES string of the molecule is CC1(C)C(=O)NCCN1C(=O)CCc1cc(C(F)(F)F)cc(C(F)(F)F)c1. The Labute approximate surface area is 151 Å². The molecule has 0 unspecified atom stereocenters. The van der Waals surface area contributed by atoms with Crippen molar-refractivity contribution in [1.82, 2.24) is 10.2 Å². The van der Waals surface area contributed by atoms with Gasteiger partial charge in [-0.3, -0.25) is 9.59 Å². The quantitative estimate of drug-likeness (QED) is 0.797. The van der Waals surface area contributed by atoms with Gasteiger partial charge in [-0.25, -0.2) is 0 Å². The molecule has 4 nitrogen and oxygen atoms in total. The van der Waals surface area contributed by atoms with Gasteiger partial charge >= 0.3 is 12.4 Å². The van der Waals surface area contributed by atoms with Gasteiger partial charge in [-0.2, -0.15) is 26.3 Å². The van der Waals surface area contributed by atoms with Crippen LogP contribution in [0.2, 0.25) is 0 Å². The maximum Gasteiger partial charge on any atom is 0.416 e. The number of benzene rings is 1. The molecule has 1 saturated heterocycles. The van der Waals surface area contributed by atoms with Gasteiger partial charge in [-0.15, -0.1) is 0 Å². The van der Waals surface area contributed by atoms with Crippen molar-refractivity contribution >= 4 is 11.8 Å². The lowest BCUT2D eigenvalue weighted by atomic mass is 9.97. The first-order valence-electron chi connectivity index (χ1n) is 8.10. The van der Waals surface area contributed by atoms with Crippen LogP contribution in [0.1, 0.15) is 37.0 Å². The zero-order valence-corrected chi connectivity index (χ0v) is 14.6. The van der Waals surface area contributed by atoms with Crippen LogP contribution < -0.4 is 5.32 Å². The third-order valence-corrected chi connectivity index (χ3v) is 4.43. The Balaban J connectivity index is 2.22. The first-order chi connectivity index (χ1) is 12.2. The highest BCUT2D eigenvalue weighted by Crippen LogP contribution is 2.36. The summed E-state index contributed by atoms with van der Waals surface area (Å²) >= 11 is 0. The normalized spacial score (nSPS) is 17.6. The molecule has 0 aliphatic carbocycles. The van der Waals surface area contributed by atoms with Crippen molar-refractivity contribution < 1.29 is 35.9 Å². The number of hydrogen-bond acceptors (Lipinski definition) is 2. The number of aryl methyl sites for hydroxylation is 1. The van der Waals surface area contributed by atoms with Gasteiger partial charge < -0.3 is 10.2 Å². The molecule has 1 aliphatic heterocycles. The first-order valence-corrected chi connectivity index (χ1v) is 8.10. The minimum absolute atomic E-state index is 0.0450. The third-order valence-electron chi connectivity index (χ3n) is 4.43. The summed E-state index contributed by atoms with van der Waals surface area (Å²) in [6.07, 6.45) is -10.5. The van der Waals surface area contributed by atoms with Crippen molar-refractivity contribution in [1.29, 1.82) is 0 Å². The first kappa shape index (κ1) is 21.0. The number of piperazine rings is 1. The van der Waals surface area contributed by atoms with Gasteiger partial charge in [0.15, 0.2) is 0 Å². The molecular weight excluding hydrogens is 378 g/mol. The molecule has 2 amide bonds. The summed E-state index contributed by atoms with van der Waals surface area (Å²) in [4.78, 5) is 25.5. The molecule has 0 spiro atoms. The van der Waals surface area contributed by atoms with E-state index in [0.717, 1.165) is 0 Å². The smallest absolute Gasteiger partial charge is 0.352 e. The Morgan fingerprint density at radius 3 is 2.07 bits per heavy atom. The van der Waals surface area contributed by atoms with Crippen LogP contribution in [0, 0.1) is 0 Å². The molecule has 1 aliphatic rings. The number of alkyl halides is 6. The Bertz CT molecular complexity index is 708. The number of carbonyl (C=O) groups excluding carboxylic acids is 2. The maximum atomic E-state index is 12.9. The Morgan fingerprint density at radius 2 is 1.59 bits per heavy atom. The van der Waals surface area contributed by atoms with Crippen molar-refractivity contribution in [2.24, 2.45) is 0 Å². The summed E-state index contributed by atoms with van der Waals surface area (Å²) in [6, 6.07) is 1.26. The molecule has 0 saturated carbocycles. The topological polar surface area (TPSA) is 49.4 Å². The van der Waals surface area contributed by atoms with Crippen LogP contribution in [0.4, 0.5) is 26.3 Å². The van der Waals surface area contributed by atoms with E-state index in [0.29, 0.717) is 12.1 Å². The monoisotopic (exact) mass is 396 g/mol. The van der Waals surface area contributed by atoms with Crippen LogP contribution in [0.5, 0.6) is 0 Å². The van der Waals surface area contributed by atoms with Crippen molar-refractivity contribution in [2.75, 3.05) is 13.1 Å². The van der Waals surface area contributed by atoms with Crippen molar-refractivity contribution in [3.63, 3.8) is 0 Å². The van der Waals surface area contributed by atoms with E-state index < -0.39 is 34.9 Å². The molecule has 10 heteroatoms. The van der Waals surface area contributed by atoms with Crippen LogP contribution in [-0.2, 0) is 28.4 Å². The van der Waals surface area contributed by atoms with Crippen molar-refractivity contribution in [2.45, 2.75) is 44.6 Å².